The number of nitrogens with one attached hydrogen (secondary N) is 1. The number of rotatable bonds is 6. The predicted octanol–water partition coefficient (Wildman–Crippen LogP) is 2.49. The van der Waals surface area contributed by atoms with Gasteiger partial charge in [0.05, 0.1) is 25.2 Å². The van der Waals surface area contributed by atoms with Crippen molar-refractivity contribution in [3.05, 3.63) is 35.4 Å². The van der Waals surface area contributed by atoms with E-state index in [4.69, 9.17) is 4.74 Å². The molecule has 1 aromatic rings. The Morgan fingerprint density at radius 3 is 2.68 bits per heavy atom. The molecule has 4 nitrogen and oxygen atoms in total. The molecule has 0 saturated heterocycles. The van der Waals surface area contributed by atoms with Gasteiger partial charge >= 0.3 is 0 Å². The number of carbonyl (C=O) groups excluding carboxylic acids is 1. The summed E-state index contributed by atoms with van der Waals surface area (Å²) in [5.41, 5.74) is 1.83. The van der Waals surface area contributed by atoms with Crippen LogP contribution in [-0.4, -0.2) is 18.6 Å². The lowest BCUT2D eigenvalue weighted by molar-refractivity contribution is -0.122. The van der Waals surface area contributed by atoms with Crippen LogP contribution < -0.4 is 5.32 Å². The maximum Gasteiger partial charge on any atom is 0.223 e. The lowest BCUT2D eigenvalue weighted by Gasteiger charge is -2.14. The molecule has 0 spiro atoms. The van der Waals surface area contributed by atoms with Crippen LogP contribution >= 0.6 is 0 Å². The van der Waals surface area contributed by atoms with Crippen LogP contribution in [-0.2, 0) is 9.53 Å². The van der Waals surface area contributed by atoms with Crippen molar-refractivity contribution >= 4 is 5.91 Å². The number of benzene rings is 1. The monoisotopic (exact) mass is 260 g/mol. The van der Waals surface area contributed by atoms with Crippen molar-refractivity contribution in [3.8, 4) is 6.07 Å². The zero-order valence-corrected chi connectivity index (χ0v) is 11.6. The molecule has 19 heavy (non-hydrogen) atoms. The van der Waals surface area contributed by atoms with Gasteiger partial charge in [-0.05, 0) is 31.9 Å². The van der Waals surface area contributed by atoms with Crippen LogP contribution in [0.1, 0.15) is 37.4 Å². The first kappa shape index (κ1) is 15.2. The molecule has 0 fully saturated rings. The third-order valence-electron chi connectivity index (χ3n) is 2.71. The van der Waals surface area contributed by atoms with Crippen molar-refractivity contribution in [2.24, 2.45) is 0 Å². The van der Waals surface area contributed by atoms with Gasteiger partial charge in [-0.15, -0.1) is 0 Å². The van der Waals surface area contributed by atoms with Crippen molar-refractivity contribution in [2.45, 2.75) is 39.3 Å². The highest BCUT2D eigenvalue weighted by Crippen LogP contribution is 2.16. The lowest BCUT2D eigenvalue weighted by Crippen LogP contribution is -2.29. The van der Waals surface area contributed by atoms with Gasteiger partial charge in [0.2, 0.25) is 5.91 Å². The highest BCUT2D eigenvalue weighted by Gasteiger charge is 2.15. The predicted molar refractivity (Wildman–Crippen MR) is 73.4 cm³/mol. The summed E-state index contributed by atoms with van der Waals surface area (Å²) < 4.78 is 5.31. The molecule has 0 aliphatic heterocycles. The molecule has 0 aromatic heterocycles. The van der Waals surface area contributed by atoms with Crippen molar-refractivity contribution in [1.29, 1.82) is 5.26 Å². The molecule has 0 radical (unpaired) electrons. The summed E-state index contributed by atoms with van der Waals surface area (Å²) in [5, 5.41) is 11.9. The van der Waals surface area contributed by atoms with E-state index in [-0.39, 0.29) is 18.4 Å². The molecule has 0 aliphatic rings. The van der Waals surface area contributed by atoms with E-state index in [0.717, 1.165) is 11.1 Å². The van der Waals surface area contributed by atoms with Gasteiger partial charge in [0.1, 0.15) is 6.04 Å². The highest BCUT2D eigenvalue weighted by molar-refractivity contribution is 5.77. The summed E-state index contributed by atoms with van der Waals surface area (Å²) in [6.45, 7) is 6.13. The topological polar surface area (TPSA) is 62.1 Å². The Labute approximate surface area is 114 Å². The highest BCUT2D eigenvalue weighted by atomic mass is 16.5. The van der Waals surface area contributed by atoms with E-state index in [1.165, 1.54) is 0 Å². The minimum atomic E-state index is -0.604. The average molecular weight is 260 g/mol. The fourth-order valence-electron chi connectivity index (χ4n) is 1.71. The minimum Gasteiger partial charge on any atom is -0.378 e. The molecular formula is C15H20N2O2. The van der Waals surface area contributed by atoms with E-state index >= 15 is 0 Å². The molecule has 1 aromatic carbocycles. The van der Waals surface area contributed by atoms with Crippen molar-refractivity contribution in [3.63, 3.8) is 0 Å². The lowest BCUT2D eigenvalue weighted by atomic mass is 10.0. The van der Waals surface area contributed by atoms with Crippen molar-refractivity contribution < 1.29 is 9.53 Å². The van der Waals surface area contributed by atoms with Crippen LogP contribution in [0.15, 0.2) is 24.3 Å². The first-order chi connectivity index (χ1) is 9.04. The molecule has 0 unspecified atom stereocenters. The molecule has 1 atom stereocenters. The van der Waals surface area contributed by atoms with Crippen LogP contribution in [0.25, 0.3) is 0 Å². The van der Waals surface area contributed by atoms with Gasteiger partial charge < -0.3 is 10.1 Å². The van der Waals surface area contributed by atoms with Crippen LogP contribution in [0.3, 0.4) is 0 Å². The SMILES string of the molecule is Cc1ccccc1[C@H](C#N)NC(=O)CCOC(C)C. The fourth-order valence-corrected chi connectivity index (χ4v) is 1.71. The van der Waals surface area contributed by atoms with E-state index in [9.17, 15) is 10.1 Å². The summed E-state index contributed by atoms with van der Waals surface area (Å²) in [7, 11) is 0. The van der Waals surface area contributed by atoms with Gasteiger partial charge in [-0.25, -0.2) is 0 Å². The number of aryl methyl sites for hydroxylation is 1. The first-order valence-corrected chi connectivity index (χ1v) is 6.40. The Kier molecular flexibility index (Phi) is 6.04. The number of hydrogen-bond acceptors (Lipinski definition) is 3. The molecule has 0 bridgehead atoms. The molecule has 1 amide bonds. The second-order valence-electron chi connectivity index (χ2n) is 4.66. The van der Waals surface area contributed by atoms with Crippen molar-refractivity contribution in [2.75, 3.05) is 6.61 Å². The molecular weight excluding hydrogens is 240 g/mol. The average Bonchev–Trinajstić information content (AvgIpc) is 2.36. The summed E-state index contributed by atoms with van der Waals surface area (Å²) in [6.07, 6.45) is 0.373. The minimum absolute atomic E-state index is 0.107. The number of hydrogen-bond donors (Lipinski definition) is 1. The summed E-state index contributed by atoms with van der Waals surface area (Å²) in [4.78, 5) is 11.7. The smallest absolute Gasteiger partial charge is 0.223 e. The maximum atomic E-state index is 11.7. The molecule has 0 aliphatic carbocycles. The number of carbonyl (C=O) groups is 1. The largest absolute Gasteiger partial charge is 0.378 e. The quantitative estimate of drug-likeness (QED) is 0.854. The Bertz CT molecular complexity index is 463. The Morgan fingerprint density at radius 2 is 2.11 bits per heavy atom. The third-order valence-corrected chi connectivity index (χ3v) is 2.71. The fraction of sp³-hybridized carbons (Fsp3) is 0.467. The second kappa shape index (κ2) is 7.55. The Morgan fingerprint density at radius 1 is 1.42 bits per heavy atom. The van der Waals surface area contributed by atoms with Crippen LogP contribution in [0.2, 0.25) is 0 Å². The summed E-state index contributed by atoms with van der Waals surface area (Å²) in [5.74, 6) is -0.171. The zero-order chi connectivity index (χ0) is 14.3. The van der Waals surface area contributed by atoms with Gasteiger partial charge in [-0.2, -0.15) is 5.26 Å². The van der Waals surface area contributed by atoms with E-state index in [1.807, 2.05) is 45.0 Å². The molecule has 102 valence electrons. The number of ether oxygens (including phenoxy) is 1. The van der Waals surface area contributed by atoms with Crippen LogP contribution in [0, 0.1) is 18.3 Å². The number of amides is 1. The number of nitriles is 1. The third kappa shape index (κ3) is 5.11. The van der Waals surface area contributed by atoms with E-state index in [1.54, 1.807) is 0 Å². The molecule has 1 N–H and O–H groups in total. The van der Waals surface area contributed by atoms with Crippen molar-refractivity contribution in [1.82, 2.24) is 5.32 Å². The van der Waals surface area contributed by atoms with E-state index in [2.05, 4.69) is 11.4 Å². The Hall–Kier alpha value is -1.86. The maximum absolute atomic E-state index is 11.7. The summed E-state index contributed by atoms with van der Waals surface area (Å²) >= 11 is 0. The van der Waals surface area contributed by atoms with Crippen LogP contribution in [0.4, 0.5) is 0 Å². The van der Waals surface area contributed by atoms with Gasteiger partial charge in [0.15, 0.2) is 0 Å². The standard InChI is InChI=1S/C15H20N2O2/c1-11(2)19-9-8-15(18)17-14(10-16)13-7-5-4-6-12(13)3/h4-7,11,14H,8-9H2,1-3H3,(H,17,18)/t14-/m0/s1. The second-order valence-corrected chi connectivity index (χ2v) is 4.66. The van der Waals surface area contributed by atoms with Gasteiger partial charge in [0, 0.05) is 0 Å². The molecule has 1 rings (SSSR count). The van der Waals surface area contributed by atoms with Gasteiger partial charge in [0.25, 0.3) is 0 Å². The van der Waals surface area contributed by atoms with Crippen LogP contribution in [0.5, 0.6) is 0 Å². The van der Waals surface area contributed by atoms with E-state index < -0.39 is 6.04 Å². The van der Waals surface area contributed by atoms with Gasteiger partial charge in [-0.1, -0.05) is 24.3 Å². The Balaban J connectivity index is 2.56. The molecule has 0 heterocycles. The van der Waals surface area contributed by atoms with Gasteiger partial charge in [-0.3, -0.25) is 4.79 Å². The van der Waals surface area contributed by atoms with E-state index in [0.29, 0.717) is 6.61 Å². The molecule has 0 saturated carbocycles. The number of nitrogens with zero attached hydrogens (tertiary/aromatic N) is 1. The first-order valence-electron chi connectivity index (χ1n) is 6.40. The normalized spacial score (nSPS) is 11.9. The zero-order valence-electron chi connectivity index (χ0n) is 11.6. The summed E-state index contributed by atoms with van der Waals surface area (Å²) in [6, 6.07) is 9.06. The molecule has 4 heteroatoms.